The lowest BCUT2D eigenvalue weighted by atomic mass is 10.1. The fourth-order valence-corrected chi connectivity index (χ4v) is 5.08. The van der Waals surface area contributed by atoms with Crippen molar-refractivity contribution in [3.8, 4) is 17.0 Å². The molecule has 3 aromatic carbocycles. The molecule has 9 heteroatoms. The summed E-state index contributed by atoms with van der Waals surface area (Å²) in [6, 6.07) is 21.4. The first-order chi connectivity index (χ1) is 19.6. The number of hydrogen-bond acceptors (Lipinski definition) is 6. The van der Waals surface area contributed by atoms with Crippen LogP contribution in [0.3, 0.4) is 0 Å². The van der Waals surface area contributed by atoms with Crippen LogP contribution in [0.2, 0.25) is 0 Å². The molecular weight excluding hydrogens is 522 g/mol. The van der Waals surface area contributed by atoms with Crippen LogP contribution >= 0.6 is 11.3 Å². The number of aromatic nitrogens is 3. The van der Waals surface area contributed by atoms with Crippen molar-refractivity contribution in [2.45, 2.75) is 32.2 Å². The van der Waals surface area contributed by atoms with Gasteiger partial charge < -0.3 is 20.4 Å². The predicted molar refractivity (Wildman–Crippen MR) is 158 cm³/mol. The van der Waals surface area contributed by atoms with Gasteiger partial charge in [0.05, 0.1) is 41.8 Å². The lowest BCUT2D eigenvalue weighted by molar-refractivity contribution is 0.0935. The number of thiazole rings is 1. The highest BCUT2D eigenvalue weighted by molar-refractivity contribution is 7.11. The number of aromatic amines is 1. The summed E-state index contributed by atoms with van der Waals surface area (Å²) in [5, 5.41) is 8.41. The van der Waals surface area contributed by atoms with E-state index in [-0.39, 0.29) is 17.9 Å². The highest BCUT2D eigenvalue weighted by atomic mass is 32.1. The molecular formula is C31H31N5O3S. The van der Waals surface area contributed by atoms with E-state index in [9.17, 15) is 9.59 Å². The predicted octanol–water partition coefficient (Wildman–Crippen LogP) is 6.16. The van der Waals surface area contributed by atoms with Crippen LogP contribution in [0.5, 0.6) is 5.75 Å². The van der Waals surface area contributed by atoms with Crippen LogP contribution in [0.25, 0.3) is 22.0 Å². The molecule has 0 saturated heterocycles. The van der Waals surface area contributed by atoms with Crippen molar-refractivity contribution in [2.24, 2.45) is 0 Å². The zero-order chi connectivity index (χ0) is 27.7. The van der Waals surface area contributed by atoms with Crippen LogP contribution in [0, 0.1) is 0 Å². The van der Waals surface area contributed by atoms with E-state index < -0.39 is 0 Å². The number of unbranched alkanes of at least 4 members (excludes halogenated alkanes) is 1. The van der Waals surface area contributed by atoms with Crippen LogP contribution in [0.4, 0.5) is 0 Å². The highest BCUT2D eigenvalue weighted by Crippen LogP contribution is 2.26. The molecule has 1 atom stereocenters. The second-order valence-electron chi connectivity index (χ2n) is 9.32. The summed E-state index contributed by atoms with van der Waals surface area (Å²) in [7, 11) is 0. The summed E-state index contributed by atoms with van der Waals surface area (Å²) in [6.07, 6.45) is 5.54. The molecule has 0 saturated carbocycles. The molecule has 0 unspecified atom stereocenters. The molecule has 40 heavy (non-hydrogen) atoms. The van der Waals surface area contributed by atoms with Gasteiger partial charge in [-0.05, 0) is 55.2 Å². The van der Waals surface area contributed by atoms with E-state index in [1.807, 2.05) is 31.2 Å². The van der Waals surface area contributed by atoms with Crippen molar-refractivity contribution in [1.82, 2.24) is 25.6 Å². The largest absolute Gasteiger partial charge is 0.493 e. The molecule has 2 amide bonds. The third-order valence-electron chi connectivity index (χ3n) is 6.58. The molecule has 8 nitrogen and oxygen atoms in total. The molecule has 0 spiro atoms. The SMILES string of the molecule is CCOc1ccccc1C(=O)NCCCC[C@H](NC(=O)c1cncs1)c1ncc(-c2ccc3ccccc3c2)[nH]1. The van der Waals surface area contributed by atoms with E-state index in [1.165, 1.54) is 16.7 Å². The molecule has 0 radical (unpaired) electrons. The standard InChI is InChI=1S/C31H31N5O3S/c1-2-39-27-13-6-5-11-24(27)30(37)33-16-8-7-12-25(36-31(38)28-19-32-20-40-28)29-34-18-26(35-29)23-15-14-21-9-3-4-10-22(21)17-23/h3-6,9-11,13-15,17-20,25H,2,7-8,12,16H2,1H3,(H,33,37)(H,34,35)(H,36,38)/t25-/m0/s1. The number of rotatable bonds is 12. The first-order valence-electron chi connectivity index (χ1n) is 13.4. The monoisotopic (exact) mass is 553 g/mol. The number of fused-ring (bicyclic) bond motifs is 1. The summed E-state index contributed by atoms with van der Waals surface area (Å²) in [5.74, 6) is 0.922. The van der Waals surface area contributed by atoms with E-state index in [0.29, 0.717) is 41.6 Å². The lowest BCUT2D eigenvalue weighted by Crippen LogP contribution is -2.29. The van der Waals surface area contributed by atoms with Crippen molar-refractivity contribution in [1.29, 1.82) is 0 Å². The number of imidazole rings is 1. The van der Waals surface area contributed by atoms with Gasteiger partial charge >= 0.3 is 0 Å². The average molecular weight is 554 g/mol. The van der Waals surface area contributed by atoms with Gasteiger partial charge in [0.1, 0.15) is 16.5 Å². The second-order valence-corrected chi connectivity index (χ2v) is 10.2. The highest BCUT2D eigenvalue weighted by Gasteiger charge is 2.20. The summed E-state index contributed by atoms with van der Waals surface area (Å²) in [6.45, 7) is 2.90. The number of nitrogens with one attached hydrogen (secondary N) is 3. The van der Waals surface area contributed by atoms with Gasteiger partial charge in [0.15, 0.2) is 0 Å². The molecule has 2 aromatic heterocycles. The number of amides is 2. The first kappa shape index (κ1) is 27.1. The van der Waals surface area contributed by atoms with Crippen LogP contribution in [-0.4, -0.2) is 39.9 Å². The number of para-hydroxylation sites is 1. The van der Waals surface area contributed by atoms with Gasteiger partial charge in [-0.3, -0.25) is 14.6 Å². The molecule has 0 bridgehead atoms. The van der Waals surface area contributed by atoms with E-state index in [0.717, 1.165) is 29.5 Å². The van der Waals surface area contributed by atoms with Crippen molar-refractivity contribution in [3.05, 3.63) is 101 Å². The molecule has 204 valence electrons. The van der Waals surface area contributed by atoms with Gasteiger partial charge in [-0.2, -0.15) is 0 Å². The number of benzene rings is 3. The minimum atomic E-state index is -0.321. The lowest BCUT2D eigenvalue weighted by Gasteiger charge is -2.16. The molecule has 3 N–H and O–H groups in total. The molecule has 2 heterocycles. The second kappa shape index (κ2) is 13.0. The topological polar surface area (TPSA) is 109 Å². The Morgan fingerprint density at radius 2 is 1.80 bits per heavy atom. The van der Waals surface area contributed by atoms with Crippen LogP contribution in [0.15, 0.2) is 84.6 Å². The number of H-pyrrole nitrogens is 1. The first-order valence-corrected chi connectivity index (χ1v) is 14.2. The van der Waals surface area contributed by atoms with Crippen LogP contribution in [0.1, 0.15) is 58.1 Å². The normalized spacial score (nSPS) is 11.7. The Bertz CT molecular complexity index is 1580. The maximum absolute atomic E-state index is 12.9. The number of carbonyl (C=O) groups is 2. The summed E-state index contributed by atoms with van der Waals surface area (Å²) >= 11 is 1.30. The Kier molecular flexibility index (Phi) is 8.83. The van der Waals surface area contributed by atoms with Gasteiger partial charge in [0, 0.05) is 12.1 Å². The van der Waals surface area contributed by atoms with Gasteiger partial charge in [-0.1, -0.05) is 48.5 Å². The van der Waals surface area contributed by atoms with E-state index in [2.05, 4.69) is 55.9 Å². The Morgan fingerprint density at radius 3 is 2.62 bits per heavy atom. The smallest absolute Gasteiger partial charge is 0.263 e. The van der Waals surface area contributed by atoms with E-state index in [4.69, 9.17) is 4.74 Å². The number of ether oxygens (including phenoxy) is 1. The van der Waals surface area contributed by atoms with Crippen molar-refractivity contribution in [2.75, 3.05) is 13.2 Å². The summed E-state index contributed by atoms with van der Waals surface area (Å²) in [5.41, 5.74) is 4.08. The van der Waals surface area contributed by atoms with Gasteiger partial charge in [0.25, 0.3) is 11.8 Å². The Labute approximate surface area is 236 Å². The molecule has 5 aromatic rings. The zero-order valence-corrected chi connectivity index (χ0v) is 23.0. The molecule has 0 aliphatic heterocycles. The van der Waals surface area contributed by atoms with Gasteiger partial charge in [0.2, 0.25) is 0 Å². The molecule has 0 aliphatic rings. The number of nitrogens with zero attached hydrogens (tertiary/aromatic N) is 2. The fourth-order valence-electron chi connectivity index (χ4n) is 4.56. The molecule has 0 fully saturated rings. The Hall–Kier alpha value is -4.50. The third kappa shape index (κ3) is 6.55. The minimum Gasteiger partial charge on any atom is -0.493 e. The maximum atomic E-state index is 12.9. The molecule has 5 rings (SSSR count). The van der Waals surface area contributed by atoms with Crippen LogP contribution < -0.4 is 15.4 Å². The Balaban J connectivity index is 1.23. The summed E-state index contributed by atoms with van der Waals surface area (Å²) in [4.78, 5) is 38.2. The van der Waals surface area contributed by atoms with Crippen molar-refractivity contribution >= 4 is 33.9 Å². The average Bonchev–Trinajstić information content (AvgIpc) is 3.70. The van der Waals surface area contributed by atoms with E-state index in [1.54, 1.807) is 30.0 Å². The minimum absolute atomic E-state index is 0.162. The van der Waals surface area contributed by atoms with Crippen LogP contribution in [-0.2, 0) is 0 Å². The molecule has 0 aliphatic carbocycles. The quantitative estimate of drug-likeness (QED) is 0.160. The van der Waals surface area contributed by atoms with Gasteiger partial charge in [-0.15, -0.1) is 11.3 Å². The van der Waals surface area contributed by atoms with Crippen molar-refractivity contribution < 1.29 is 14.3 Å². The van der Waals surface area contributed by atoms with E-state index >= 15 is 0 Å². The zero-order valence-electron chi connectivity index (χ0n) is 22.2. The number of hydrogen-bond donors (Lipinski definition) is 3. The number of carbonyl (C=O) groups excluding carboxylic acids is 2. The fraction of sp³-hybridized carbons (Fsp3) is 0.226. The maximum Gasteiger partial charge on any atom is 0.263 e. The third-order valence-corrected chi connectivity index (χ3v) is 7.36. The van der Waals surface area contributed by atoms with Crippen molar-refractivity contribution in [3.63, 3.8) is 0 Å². The Morgan fingerprint density at radius 1 is 0.975 bits per heavy atom. The van der Waals surface area contributed by atoms with Gasteiger partial charge in [-0.25, -0.2) is 4.98 Å². The summed E-state index contributed by atoms with van der Waals surface area (Å²) < 4.78 is 5.57.